The molecule has 3 rings (SSSR count). The van der Waals surface area contributed by atoms with Gasteiger partial charge in [-0.05, 0) is 48.9 Å². The van der Waals surface area contributed by atoms with Crippen LogP contribution < -0.4 is 4.74 Å². The summed E-state index contributed by atoms with van der Waals surface area (Å²) < 4.78 is 5.75. The predicted octanol–water partition coefficient (Wildman–Crippen LogP) is 3.33. The number of nitrogens with zero attached hydrogens (tertiary/aromatic N) is 3. The fourth-order valence-corrected chi connectivity index (χ4v) is 2.13. The third-order valence-electron chi connectivity index (χ3n) is 3.31. The van der Waals surface area contributed by atoms with E-state index in [-0.39, 0.29) is 0 Å². The number of rotatable bonds is 4. The smallest absolute Gasteiger partial charge is 0.132 e. The first-order chi connectivity index (χ1) is 10.8. The first-order valence-corrected chi connectivity index (χ1v) is 6.89. The first kappa shape index (κ1) is 14.0. The summed E-state index contributed by atoms with van der Waals surface area (Å²) in [5.41, 5.74) is 4.23. The normalized spacial score (nSPS) is 11.1. The zero-order valence-electron chi connectivity index (χ0n) is 12.1. The summed E-state index contributed by atoms with van der Waals surface area (Å²) in [5, 5.41) is 11.5. The lowest BCUT2D eigenvalue weighted by molar-refractivity contribution is 0.300. The van der Waals surface area contributed by atoms with Gasteiger partial charge < -0.3 is 9.94 Å². The molecule has 0 radical (unpaired) electrons. The molecule has 0 atom stereocenters. The minimum atomic E-state index is 0.358. The topological polar surface area (TPSA) is 67.6 Å². The largest absolute Gasteiger partial charge is 0.487 e. The number of benzene rings is 2. The molecule has 0 aliphatic carbocycles. The van der Waals surface area contributed by atoms with Crippen molar-refractivity contribution in [2.24, 2.45) is 5.16 Å². The summed E-state index contributed by atoms with van der Waals surface area (Å²) in [5.74, 6) is 0.726. The number of aromatic nitrogens is 2. The molecule has 1 heterocycles. The Balaban J connectivity index is 1.77. The maximum atomic E-state index is 8.48. The Hall–Kier alpha value is -2.95. The number of fused-ring (bicyclic) bond motifs is 1. The van der Waals surface area contributed by atoms with Gasteiger partial charge in [-0.3, -0.25) is 0 Å². The van der Waals surface area contributed by atoms with Crippen molar-refractivity contribution < 1.29 is 9.94 Å². The minimum absolute atomic E-state index is 0.358. The van der Waals surface area contributed by atoms with E-state index >= 15 is 0 Å². The quantitative estimate of drug-likeness (QED) is 0.455. The molecule has 0 fully saturated rings. The monoisotopic (exact) mass is 293 g/mol. The summed E-state index contributed by atoms with van der Waals surface area (Å²) in [4.78, 5) is 9.13. The van der Waals surface area contributed by atoms with Gasteiger partial charge in [0.2, 0.25) is 0 Å². The Bertz CT molecular complexity index is 814. The van der Waals surface area contributed by atoms with Crippen LogP contribution in [0.15, 0.2) is 53.7 Å². The zero-order valence-corrected chi connectivity index (χ0v) is 12.1. The molecule has 0 saturated heterocycles. The van der Waals surface area contributed by atoms with Crippen LogP contribution in [-0.2, 0) is 6.61 Å². The van der Waals surface area contributed by atoms with E-state index in [1.807, 2.05) is 55.5 Å². The molecule has 3 aromatic rings. The van der Waals surface area contributed by atoms with Crippen LogP contribution in [0.2, 0.25) is 0 Å². The molecule has 5 nitrogen and oxygen atoms in total. The summed E-state index contributed by atoms with van der Waals surface area (Å²) >= 11 is 0. The van der Waals surface area contributed by atoms with E-state index in [1.165, 1.54) is 6.21 Å². The van der Waals surface area contributed by atoms with Gasteiger partial charge in [0.25, 0.3) is 0 Å². The number of ether oxygens (including phenoxy) is 1. The van der Waals surface area contributed by atoms with Gasteiger partial charge in [0, 0.05) is 0 Å². The SMILES string of the molecule is Cc1nc2ccccc2nc1COc1ccc(/C=N/O)cc1. The third kappa shape index (κ3) is 3.03. The molecule has 0 saturated carbocycles. The number of hydrogen-bond donors (Lipinski definition) is 1. The molecule has 0 spiro atoms. The zero-order chi connectivity index (χ0) is 15.4. The van der Waals surface area contributed by atoms with Crippen molar-refractivity contribution in [3.8, 4) is 5.75 Å². The van der Waals surface area contributed by atoms with Crippen molar-refractivity contribution in [2.75, 3.05) is 0 Å². The summed E-state index contributed by atoms with van der Waals surface area (Å²) in [6, 6.07) is 15.0. The Morgan fingerprint density at radius 1 is 1.05 bits per heavy atom. The summed E-state index contributed by atoms with van der Waals surface area (Å²) in [6.07, 6.45) is 1.36. The van der Waals surface area contributed by atoms with Crippen LogP contribution in [0.25, 0.3) is 11.0 Å². The standard InChI is InChI=1S/C17H15N3O2/c1-12-17(20-16-5-3-2-4-15(16)19-12)11-22-14-8-6-13(7-9-14)10-18-21/h2-10,21H,11H2,1H3/b18-10+. The van der Waals surface area contributed by atoms with Crippen molar-refractivity contribution in [1.82, 2.24) is 9.97 Å². The first-order valence-electron chi connectivity index (χ1n) is 6.89. The van der Waals surface area contributed by atoms with Gasteiger partial charge in [0.1, 0.15) is 12.4 Å². The maximum absolute atomic E-state index is 8.48. The molecule has 0 bridgehead atoms. The number of oxime groups is 1. The van der Waals surface area contributed by atoms with E-state index in [4.69, 9.17) is 9.94 Å². The van der Waals surface area contributed by atoms with Crippen LogP contribution in [0.5, 0.6) is 5.75 Å². The number of para-hydroxylation sites is 2. The molecular weight excluding hydrogens is 278 g/mol. The maximum Gasteiger partial charge on any atom is 0.132 e. The van der Waals surface area contributed by atoms with Crippen molar-refractivity contribution in [3.63, 3.8) is 0 Å². The van der Waals surface area contributed by atoms with E-state index in [2.05, 4.69) is 15.1 Å². The predicted molar refractivity (Wildman–Crippen MR) is 84.4 cm³/mol. The average Bonchev–Trinajstić information content (AvgIpc) is 2.54. The molecule has 22 heavy (non-hydrogen) atoms. The molecule has 0 aliphatic rings. The van der Waals surface area contributed by atoms with Gasteiger partial charge in [-0.15, -0.1) is 0 Å². The van der Waals surface area contributed by atoms with Gasteiger partial charge in [-0.25, -0.2) is 9.97 Å². The lowest BCUT2D eigenvalue weighted by Gasteiger charge is -2.09. The third-order valence-corrected chi connectivity index (χ3v) is 3.31. The highest BCUT2D eigenvalue weighted by atomic mass is 16.5. The van der Waals surface area contributed by atoms with Crippen LogP contribution in [0.3, 0.4) is 0 Å². The summed E-state index contributed by atoms with van der Waals surface area (Å²) in [6.45, 7) is 2.29. The minimum Gasteiger partial charge on any atom is -0.487 e. The molecule has 1 aromatic heterocycles. The average molecular weight is 293 g/mol. The Morgan fingerprint density at radius 2 is 1.73 bits per heavy atom. The molecule has 0 unspecified atom stereocenters. The van der Waals surface area contributed by atoms with Crippen LogP contribution in [0, 0.1) is 6.92 Å². The highest BCUT2D eigenvalue weighted by Gasteiger charge is 2.06. The van der Waals surface area contributed by atoms with Crippen molar-refractivity contribution in [2.45, 2.75) is 13.5 Å². The van der Waals surface area contributed by atoms with Crippen LogP contribution in [-0.4, -0.2) is 21.4 Å². The Labute approximate surface area is 127 Å². The van der Waals surface area contributed by atoms with E-state index in [1.54, 1.807) is 0 Å². The Kier molecular flexibility index (Phi) is 3.96. The molecular formula is C17H15N3O2. The second-order valence-corrected chi connectivity index (χ2v) is 4.85. The molecule has 0 aliphatic heterocycles. The Morgan fingerprint density at radius 3 is 2.41 bits per heavy atom. The van der Waals surface area contributed by atoms with Crippen LogP contribution in [0.4, 0.5) is 0 Å². The van der Waals surface area contributed by atoms with E-state index in [9.17, 15) is 0 Å². The highest BCUT2D eigenvalue weighted by Crippen LogP contribution is 2.16. The fourth-order valence-electron chi connectivity index (χ4n) is 2.13. The van der Waals surface area contributed by atoms with Crippen molar-refractivity contribution in [1.29, 1.82) is 0 Å². The van der Waals surface area contributed by atoms with Crippen molar-refractivity contribution >= 4 is 17.2 Å². The second-order valence-electron chi connectivity index (χ2n) is 4.85. The molecule has 110 valence electrons. The fraction of sp³-hybridized carbons (Fsp3) is 0.118. The number of aryl methyl sites for hydroxylation is 1. The van der Waals surface area contributed by atoms with Gasteiger partial charge >= 0.3 is 0 Å². The van der Waals surface area contributed by atoms with E-state index in [0.717, 1.165) is 33.7 Å². The van der Waals surface area contributed by atoms with Gasteiger partial charge in [0.15, 0.2) is 0 Å². The van der Waals surface area contributed by atoms with Crippen LogP contribution >= 0.6 is 0 Å². The van der Waals surface area contributed by atoms with Crippen LogP contribution in [0.1, 0.15) is 17.0 Å². The lowest BCUT2D eigenvalue weighted by atomic mass is 10.2. The van der Waals surface area contributed by atoms with Gasteiger partial charge in [0.05, 0.1) is 28.6 Å². The molecule has 2 aromatic carbocycles. The highest BCUT2D eigenvalue weighted by molar-refractivity contribution is 5.79. The van der Waals surface area contributed by atoms with Crippen molar-refractivity contribution in [3.05, 3.63) is 65.5 Å². The molecule has 1 N–H and O–H groups in total. The van der Waals surface area contributed by atoms with Gasteiger partial charge in [-0.1, -0.05) is 17.3 Å². The molecule has 0 amide bonds. The lowest BCUT2D eigenvalue weighted by Crippen LogP contribution is -2.03. The second kappa shape index (κ2) is 6.22. The number of hydrogen-bond acceptors (Lipinski definition) is 5. The van der Waals surface area contributed by atoms with E-state index < -0.39 is 0 Å². The van der Waals surface area contributed by atoms with E-state index in [0.29, 0.717) is 6.61 Å². The van der Waals surface area contributed by atoms with Gasteiger partial charge in [-0.2, -0.15) is 0 Å². The molecule has 5 heteroatoms. The summed E-state index contributed by atoms with van der Waals surface area (Å²) in [7, 11) is 0.